The molecule has 25 heavy (non-hydrogen) atoms. The first-order chi connectivity index (χ1) is 11.0. The van der Waals surface area contributed by atoms with Gasteiger partial charge in [-0.15, -0.1) is 24.8 Å². The number of halogens is 2. The number of hydrogen-bond acceptors (Lipinski definition) is 5. The molecule has 1 aromatic rings. The van der Waals surface area contributed by atoms with Crippen molar-refractivity contribution in [3.8, 4) is 5.75 Å². The van der Waals surface area contributed by atoms with E-state index in [-0.39, 0.29) is 36.8 Å². The summed E-state index contributed by atoms with van der Waals surface area (Å²) in [5.74, 6) is 0.705. The average molecular weight is 394 g/mol. The van der Waals surface area contributed by atoms with E-state index in [1.807, 2.05) is 38.4 Å². The zero-order chi connectivity index (χ0) is 16.9. The Kier molecular flexibility index (Phi) is 10.4. The minimum absolute atomic E-state index is 0. The topological polar surface area (TPSA) is 76.8 Å². The lowest BCUT2D eigenvalue weighted by atomic mass is 9.90. The van der Waals surface area contributed by atoms with E-state index in [0.29, 0.717) is 32.6 Å². The van der Waals surface area contributed by atoms with Gasteiger partial charge in [0, 0.05) is 19.8 Å². The van der Waals surface area contributed by atoms with Gasteiger partial charge >= 0.3 is 0 Å². The Balaban J connectivity index is 0.00000288. The molecule has 2 rings (SSSR count). The monoisotopic (exact) mass is 393 g/mol. The van der Waals surface area contributed by atoms with Crippen LogP contribution in [0.4, 0.5) is 0 Å². The highest BCUT2D eigenvalue weighted by Crippen LogP contribution is 2.23. The third kappa shape index (κ3) is 6.31. The van der Waals surface area contributed by atoms with Crippen LogP contribution in [0.5, 0.6) is 5.75 Å². The molecule has 1 saturated heterocycles. The number of nitrogens with one attached hydrogen (secondary N) is 1. The maximum atomic E-state index is 12.5. The highest BCUT2D eigenvalue weighted by atomic mass is 35.5. The molecule has 6 nitrogen and oxygen atoms in total. The number of nitrogens with two attached hydrogens (primary N) is 1. The van der Waals surface area contributed by atoms with E-state index in [2.05, 4.69) is 10.2 Å². The van der Waals surface area contributed by atoms with Gasteiger partial charge in [0.15, 0.2) is 0 Å². The van der Waals surface area contributed by atoms with E-state index in [1.165, 1.54) is 0 Å². The Morgan fingerprint density at radius 1 is 1.36 bits per heavy atom. The predicted molar refractivity (Wildman–Crippen MR) is 104 cm³/mol. The van der Waals surface area contributed by atoms with Crippen LogP contribution in [0.3, 0.4) is 0 Å². The summed E-state index contributed by atoms with van der Waals surface area (Å²) >= 11 is 0. The van der Waals surface area contributed by atoms with Crippen molar-refractivity contribution in [3.63, 3.8) is 0 Å². The molecule has 1 aliphatic heterocycles. The van der Waals surface area contributed by atoms with Crippen LogP contribution in [-0.2, 0) is 9.53 Å². The lowest BCUT2D eigenvalue weighted by molar-refractivity contribution is -0.130. The molecule has 1 amide bonds. The van der Waals surface area contributed by atoms with Crippen molar-refractivity contribution in [2.75, 3.05) is 41.0 Å². The first-order valence-electron chi connectivity index (χ1n) is 7.91. The summed E-state index contributed by atoms with van der Waals surface area (Å²) in [7, 11) is 5.63. The molecule has 1 fully saturated rings. The molecule has 0 spiro atoms. The summed E-state index contributed by atoms with van der Waals surface area (Å²) in [5, 5.41) is 3.01. The van der Waals surface area contributed by atoms with Gasteiger partial charge in [0.2, 0.25) is 5.91 Å². The zero-order valence-corrected chi connectivity index (χ0v) is 16.6. The molecule has 0 radical (unpaired) electrons. The van der Waals surface area contributed by atoms with Crippen molar-refractivity contribution in [2.45, 2.75) is 24.4 Å². The Hall–Kier alpha value is -1.05. The smallest absolute Gasteiger partial charge is 0.240 e. The fourth-order valence-electron chi connectivity index (χ4n) is 2.78. The molecule has 0 saturated carbocycles. The molecule has 1 atom stereocenters. The highest BCUT2D eigenvalue weighted by Gasteiger charge is 2.36. The fraction of sp³-hybridized carbons (Fsp3) is 0.588. The molecular weight excluding hydrogens is 365 g/mol. The number of benzene rings is 1. The first kappa shape index (κ1) is 23.9. The predicted octanol–water partition coefficient (Wildman–Crippen LogP) is 1.77. The van der Waals surface area contributed by atoms with E-state index in [9.17, 15) is 4.79 Å². The van der Waals surface area contributed by atoms with Crippen LogP contribution < -0.4 is 15.8 Å². The summed E-state index contributed by atoms with van der Waals surface area (Å²) in [4.78, 5) is 14.5. The molecule has 3 N–H and O–H groups in total. The quantitative estimate of drug-likeness (QED) is 0.769. The molecule has 1 unspecified atom stereocenters. The van der Waals surface area contributed by atoms with Gasteiger partial charge in [0.1, 0.15) is 5.75 Å². The molecule has 1 heterocycles. The van der Waals surface area contributed by atoms with Crippen LogP contribution in [-0.4, -0.2) is 57.3 Å². The van der Waals surface area contributed by atoms with Gasteiger partial charge in [0.25, 0.3) is 0 Å². The molecular formula is C17H29Cl2N3O3. The van der Waals surface area contributed by atoms with E-state index < -0.39 is 5.54 Å². The number of nitrogens with zero attached hydrogens (tertiary/aromatic N) is 1. The van der Waals surface area contributed by atoms with E-state index in [4.69, 9.17) is 15.2 Å². The van der Waals surface area contributed by atoms with E-state index >= 15 is 0 Å². The minimum atomic E-state index is -0.816. The summed E-state index contributed by atoms with van der Waals surface area (Å²) in [6, 6.07) is 7.94. The first-order valence-corrected chi connectivity index (χ1v) is 7.91. The zero-order valence-electron chi connectivity index (χ0n) is 15.0. The van der Waals surface area contributed by atoms with E-state index in [1.54, 1.807) is 7.11 Å². The minimum Gasteiger partial charge on any atom is -0.497 e. The number of methoxy groups -OCH3 is 1. The maximum Gasteiger partial charge on any atom is 0.240 e. The standard InChI is InChI=1S/C17H27N3O3.2ClH/c1-20(2)15(13-5-4-6-14(11-13)22-3)12-19-16(21)17(18)7-9-23-10-8-17;;/h4-6,11,15H,7-10,12,18H2,1-3H3,(H,19,21);2*1H. The van der Waals surface area contributed by atoms with Crippen molar-refractivity contribution in [2.24, 2.45) is 5.73 Å². The summed E-state index contributed by atoms with van der Waals surface area (Å²) < 4.78 is 10.6. The van der Waals surface area contributed by atoms with Crippen LogP contribution >= 0.6 is 24.8 Å². The Morgan fingerprint density at radius 3 is 2.56 bits per heavy atom. The van der Waals surface area contributed by atoms with Crippen LogP contribution in [0.2, 0.25) is 0 Å². The Labute approximate surface area is 162 Å². The Bertz CT molecular complexity index is 538. The number of ether oxygens (including phenoxy) is 2. The number of carbonyl (C=O) groups excluding carboxylic acids is 1. The largest absolute Gasteiger partial charge is 0.497 e. The third-order valence-corrected chi connectivity index (χ3v) is 4.40. The Morgan fingerprint density at radius 2 is 2.00 bits per heavy atom. The van der Waals surface area contributed by atoms with Crippen LogP contribution in [0.25, 0.3) is 0 Å². The normalized spacial score (nSPS) is 17.0. The number of amides is 1. The number of rotatable bonds is 6. The molecule has 144 valence electrons. The van der Waals surface area contributed by atoms with Gasteiger partial charge < -0.3 is 25.4 Å². The molecule has 0 aromatic heterocycles. The lowest BCUT2D eigenvalue weighted by Crippen LogP contribution is -2.57. The van der Waals surface area contributed by atoms with Gasteiger partial charge in [-0.25, -0.2) is 0 Å². The summed E-state index contributed by atoms with van der Waals surface area (Å²) in [5.41, 5.74) is 6.50. The van der Waals surface area contributed by atoms with Crippen LogP contribution in [0.15, 0.2) is 24.3 Å². The molecule has 1 aliphatic rings. The lowest BCUT2D eigenvalue weighted by Gasteiger charge is -2.33. The SMILES string of the molecule is COc1cccc(C(CNC(=O)C2(N)CCOCC2)N(C)C)c1.Cl.Cl. The van der Waals surface area contributed by atoms with Crippen molar-refractivity contribution in [3.05, 3.63) is 29.8 Å². The fourth-order valence-corrected chi connectivity index (χ4v) is 2.78. The summed E-state index contributed by atoms with van der Waals surface area (Å²) in [6.45, 7) is 1.58. The number of carbonyl (C=O) groups is 1. The van der Waals surface area contributed by atoms with Gasteiger partial charge in [-0.2, -0.15) is 0 Å². The second-order valence-corrected chi connectivity index (χ2v) is 6.23. The second-order valence-electron chi connectivity index (χ2n) is 6.23. The molecule has 8 heteroatoms. The van der Waals surface area contributed by atoms with Gasteiger partial charge in [0.05, 0.1) is 18.7 Å². The van der Waals surface area contributed by atoms with E-state index in [0.717, 1.165) is 11.3 Å². The van der Waals surface area contributed by atoms with Gasteiger partial charge in [-0.1, -0.05) is 12.1 Å². The van der Waals surface area contributed by atoms with Crippen molar-refractivity contribution >= 4 is 30.7 Å². The average Bonchev–Trinajstić information content (AvgIpc) is 2.55. The highest BCUT2D eigenvalue weighted by molar-refractivity contribution is 5.86. The van der Waals surface area contributed by atoms with Crippen LogP contribution in [0, 0.1) is 0 Å². The number of hydrogen-bond donors (Lipinski definition) is 2. The van der Waals surface area contributed by atoms with Crippen molar-refractivity contribution in [1.82, 2.24) is 10.2 Å². The molecule has 0 bridgehead atoms. The van der Waals surface area contributed by atoms with Crippen molar-refractivity contribution < 1.29 is 14.3 Å². The summed E-state index contributed by atoms with van der Waals surface area (Å²) in [6.07, 6.45) is 1.12. The second kappa shape index (κ2) is 10.8. The molecule has 1 aromatic carbocycles. The van der Waals surface area contributed by atoms with Crippen LogP contribution in [0.1, 0.15) is 24.4 Å². The maximum absolute atomic E-state index is 12.5. The van der Waals surface area contributed by atoms with Gasteiger partial charge in [-0.3, -0.25) is 4.79 Å². The number of likely N-dealkylation sites (N-methyl/N-ethyl adjacent to an activating group) is 1. The van der Waals surface area contributed by atoms with Gasteiger partial charge in [-0.05, 0) is 44.6 Å². The van der Waals surface area contributed by atoms with Crippen molar-refractivity contribution in [1.29, 1.82) is 0 Å². The molecule has 0 aliphatic carbocycles. The third-order valence-electron chi connectivity index (χ3n) is 4.40.